The Hall–Kier alpha value is -0.920. The molecule has 0 atom stereocenters. The maximum Gasteiger partial charge on any atom is 0.208 e. The van der Waals surface area contributed by atoms with Gasteiger partial charge in [-0.05, 0) is 13.0 Å². The number of aliphatic imine (C=N–C) groups is 1. The monoisotopic (exact) mass is 143 g/mol. The molecule has 0 amide bonds. The normalized spacial score (nSPS) is 10.6. The minimum absolute atomic E-state index is 0.482. The third-order valence-electron chi connectivity index (χ3n) is 0.541. The molecule has 0 heterocycles. The molecule has 0 radical (unpaired) electrons. The van der Waals surface area contributed by atoms with E-state index in [4.69, 9.17) is 0 Å². The second kappa shape index (κ2) is 11.0. The molecule has 0 rings (SSSR count). The second-order valence-electron chi connectivity index (χ2n) is 1.13. The third kappa shape index (κ3) is 10.1. The van der Waals surface area contributed by atoms with Gasteiger partial charge in [-0.15, -0.1) is 0 Å². The van der Waals surface area contributed by atoms with Crippen LogP contribution in [0.3, 0.4) is 0 Å². The van der Waals surface area contributed by atoms with Crippen molar-refractivity contribution < 1.29 is 4.39 Å². The number of hydrogen-bond acceptors (Lipinski definition) is 1. The van der Waals surface area contributed by atoms with Crippen molar-refractivity contribution in [3.63, 3.8) is 0 Å². The Morgan fingerprint density at radius 2 is 2.00 bits per heavy atom. The molecule has 10 heavy (non-hydrogen) atoms. The Morgan fingerprint density at radius 1 is 1.50 bits per heavy atom. The Kier molecular flexibility index (Phi) is 13.0. The highest BCUT2D eigenvalue weighted by atomic mass is 19.1. The quantitative estimate of drug-likeness (QED) is 0.416. The molecule has 0 spiro atoms. The zero-order chi connectivity index (χ0) is 8.41. The van der Waals surface area contributed by atoms with Crippen molar-refractivity contribution >= 4 is 6.21 Å². The molecule has 0 fully saturated rings. The van der Waals surface area contributed by atoms with Crippen LogP contribution in [-0.2, 0) is 0 Å². The van der Waals surface area contributed by atoms with E-state index in [0.717, 1.165) is 0 Å². The van der Waals surface area contributed by atoms with E-state index in [1.165, 1.54) is 18.4 Å². The van der Waals surface area contributed by atoms with Gasteiger partial charge in [-0.1, -0.05) is 26.5 Å². The third-order valence-corrected chi connectivity index (χ3v) is 0.541. The Morgan fingerprint density at radius 3 is 2.30 bits per heavy atom. The molecular formula is C8H14FN. The van der Waals surface area contributed by atoms with Crippen molar-refractivity contribution in [2.45, 2.75) is 20.8 Å². The highest BCUT2D eigenvalue weighted by molar-refractivity contribution is 5.70. The van der Waals surface area contributed by atoms with Gasteiger partial charge in [0.2, 0.25) is 5.95 Å². The van der Waals surface area contributed by atoms with Crippen molar-refractivity contribution in [1.29, 1.82) is 0 Å². The van der Waals surface area contributed by atoms with E-state index in [9.17, 15) is 4.39 Å². The summed E-state index contributed by atoms with van der Waals surface area (Å²) in [6, 6.07) is 0. The SMILES string of the molecule is C=C/C=N\C(F)=C/C.CC. The Labute approximate surface area is 62.0 Å². The standard InChI is InChI=1S/C6H8FN.C2H6/c1-3-5-8-6(7)4-2;1-2/h3-5H,1H2,2H3;1-2H3/b6-4-,8-5-;. The summed E-state index contributed by atoms with van der Waals surface area (Å²) in [6.45, 7) is 8.90. The van der Waals surface area contributed by atoms with Gasteiger partial charge in [0.1, 0.15) is 0 Å². The maximum atomic E-state index is 11.9. The molecule has 0 saturated carbocycles. The summed E-state index contributed by atoms with van der Waals surface area (Å²) in [6.07, 6.45) is 4.00. The van der Waals surface area contributed by atoms with Gasteiger partial charge < -0.3 is 0 Å². The van der Waals surface area contributed by atoms with Gasteiger partial charge in [-0.25, -0.2) is 4.99 Å². The topological polar surface area (TPSA) is 12.4 Å². The molecule has 0 aliphatic rings. The van der Waals surface area contributed by atoms with E-state index >= 15 is 0 Å². The van der Waals surface area contributed by atoms with Crippen molar-refractivity contribution in [2.24, 2.45) is 4.99 Å². The highest BCUT2D eigenvalue weighted by Gasteiger charge is 1.77. The van der Waals surface area contributed by atoms with Crippen molar-refractivity contribution in [3.05, 3.63) is 24.7 Å². The first-order valence-corrected chi connectivity index (χ1v) is 3.28. The van der Waals surface area contributed by atoms with E-state index in [-0.39, 0.29) is 0 Å². The fourth-order valence-corrected chi connectivity index (χ4v) is 0.198. The summed E-state index contributed by atoms with van der Waals surface area (Å²) in [4.78, 5) is 3.31. The van der Waals surface area contributed by atoms with Crippen molar-refractivity contribution in [3.8, 4) is 0 Å². The van der Waals surface area contributed by atoms with Crippen LogP contribution in [0.2, 0.25) is 0 Å². The lowest BCUT2D eigenvalue weighted by Crippen LogP contribution is -1.64. The predicted octanol–water partition coefficient (Wildman–Crippen LogP) is 3.10. The molecule has 0 N–H and O–H groups in total. The smallest absolute Gasteiger partial charge is 0.208 e. The van der Waals surface area contributed by atoms with Gasteiger partial charge in [0.05, 0.1) is 0 Å². The summed E-state index contributed by atoms with van der Waals surface area (Å²) < 4.78 is 11.9. The van der Waals surface area contributed by atoms with Crippen LogP contribution in [0.25, 0.3) is 0 Å². The lowest BCUT2D eigenvalue weighted by molar-refractivity contribution is 0.627. The first kappa shape index (κ1) is 11.8. The van der Waals surface area contributed by atoms with Crippen LogP contribution in [0.15, 0.2) is 29.7 Å². The lowest BCUT2D eigenvalue weighted by atomic mass is 10.6. The van der Waals surface area contributed by atoms with E-state index in [1.54, 1.807) is 6.92 Å². The lowest BCUT2D eigenvalue weighted by Gasteiger charge is -1.77. The van der Waals surface area contributed by atoms with Gasteiger partial charge >= 0.3 is 0 Å². The first-order valence-electron chi connectivity index (χ1n) is 3.28. The second-order valence-corrected chi connectivity index (χ2v) is 1.13. The van der Waals surface area contributed by atoms with Gasteiger partial charge in [0, 0.05) is 6.21 Å². The zero-order valence-corrected chi connectivity index (χ0v) is 6.76. The van der Waals surface area contributed by atoms with Crippen LogP contribution < -0.4 is 0 Å². The van der Waals surface area contributed by atoms with Gasteiger partial charge in [-0.3, -0.25) is 0 Å². The highest BCUT2D eigenvalue weighted by Crippen LogP contribution is 1.93. The summed E-state index contributed by atoms with van der Waals surface area (Å²) >= 11 is 0. The van der Waals surface area contributed by atoms with E-state index in [1.807, 2.05) is 13.8 Å². The molecule has 1 nitrogen and oxygen atoms in total. The average Bonchev–Trinajstić information content (AvgIpc) is 2.04. The zero-order valence-electron chi connectivity index (χ0n) is 6.76. The molecule has 0 saturated heterocycles. The van der Waals surface area contributed by atoms with Crippen LogP contribution >= 0.6 is 0 Å². The van der Waals surface area contributed by atoms with Crippen LogP contribution in [0, 0.1) is 0 Å². The molecule has 0 unspecified atom stereocenters. The number of halogens is 1. The number of rotatable bonds is 2. The minimum atomic E-state index is -0.482. The van der Waals surface area contributed by atoms with Gasteiger partial charge in [0.25, 0.3) is 0 Å². The molecule has 58 valence electrons. The molecule has 0 aromatic carbocycles. The number of allylic oxidation sites excluding steroid dienone is 2. The van der Waals surface area contributed by atoms with Crippen LogP contribution in [-0.4, -0.2) is 6.21 Å². The molecule has 0 aromatic rings. The molecule has 0 bridgehead atoms. The number of nitrogens with zero attached hydrogens (tertiary/aromatic N) is 1. The van der Waals surface area contributed by atoms with Crippen LogP contribution in [0.5, 0.6) is 0 Å². The Balaban J connectivity index is 0. The first-order chi connectivity index (χ1) is 4.81. The van der Waals surface area contributed by atoms with Crippen LogP contribution in [0.4, 0.5) is 4.39 Å². The van der Waals surface area contributed by atoms with Crippen LogP contribution in [0.1, 0.15) is 20.8 Å². The molecular weight excluding hydrogens is 129 g/mol. The molecule has 2 heteroatoms. The van der Waals surface area contributed by atoms with E-state index in [0.29, 0.717) is 0 Å². The summed E-state index contributed by atoms with van der Waals surface area (Å²) in [5, 5.41) is 0. The Bertz CT molecular complexity index is 125. The average molecular weight is 143 g/mol. The number of hydrogen-bond donors (Lipinski definition) is 0. The van der Waals surface area contributed by atoms with E-state index in [2.05, 4.69) is 11.6 Å². The summed E-state index contributed by atoms with van der Waals surface area (Å²) in [5.74, 6) is -0.482. The molecule has 0 aliphatic heterocycles. The largest absolute Gasteiger partial charge is 0.229 e. The predicted molar refractivity (Wildman–Crippen MR) is 44.9 cm³/mol. The fourth-order valence-electron chi connectivity index (χ4n) is 0.198. The maximum absolute atomic E-state index is 11.9. The van der Waals surface area contributed by atoms with Gasteiger partial charge in [-0.2, -0.15) is 4.39 Å². The fraction of sp³-hybridized carbons (Fsp3) is 0.375. The molecule has 0 aromatic heterocycles. The minimum Gasteiger partial charge on any atom is -0.229 e. The summed E-state index contributed by atoms with van der Waals surface area (Å²) in [7, 11) is 0. The summed E-state index contributed by atoms with van der Waals surface area (Å²) in [5.41, 5.74) is 0. The van der Waals surface area contributed by atoms with Gasteiger partial charge in [0.15, 0.2) is 0 Å². The van der Waals surface area contributed by atoms with Crippen molar-refractivity contribution in [2.75, 3.05) is 0 Å². The van der Waals surface area contributed by atoms with Crippen molar-refractivity contribution in [1.82, 2.24) is 0 Å². The van der Waals surface area contributed by atoms with E-state index < -0.39 is 5.95 Å². The molecule has 0 aliphatic carbocycles.